The molecule has 0 aliphatic carbocycles. The molecule has 0 spiro atoms. The van der Waals surface area contributed by atoms with E-state index in [0.717, 1.165) is 5.56 Å². The molecule has 0 aliphatic heterocycles. The van der Waals surface area contributed by atoms with E-state index in [4.69, 9.17) is 9.62 Å². The summed E-state index contributed by atoms with van der Waals surface area (Å²) in [6, 6.07) is 7.15. The van der Waals surface area contributed by atoms with Gasteiger partial charge in [0.05, 0.1) is 12.2 Å². The quantitative estimate of drug-likeness (QED) is 0.567. The minimum Gasteiger partial charge on any atom is -0.381 e. The van der Waals surface area contributed by atoms with Gasteiger partial charge in [-0.1, -0.05) is 18.2 Å². The van der Waals surface area contributed by atoms with Gasteiger partial charge in [0, 0.05) is 7.11 Å². The van der Waals surface area contributed by atoms with E-state index in [0.29, 0.717) is 18.3 Å². The molecule has 0 heterocycles. The highest BCUT2D eigenvalue weighted by atomic mass is 17.2. The van der Waals surface area contributed by atoms with Crippen molar-refractivity contribution < 1.29 is 19.3 Å². The Balaban J connectivity index is 2.50. The molecule has 1 aromatic rings. The van der Waals surface area contributed by atoms with Gasteiger partial charge in [-0.3, -0.25) is 4.89 Å². The lowest BCUT2D eigenvalue weighted by atomic mass is 10.1. The highest BCUT2D eigenvalue weighted by Crippen LogP contribution is 2.10. The third-order valence-electron chi connectivity index (χ3n) is 1.97. The standard InChI is InChI=1S/C12H15O4/c1-9-6-4-5-7-11(9)12(13)16-15-10(2)8-14-3/h4-7H,8H2,1-3H3. The average Bonchev–Trinajstić information content (AvgIpc) is 2.27. The molecule has 4 nitrogen and oxygen atoms in total. The minimum atomic E-state index is -0.506. The van der Waals surface area contributed by atoms with Crippen molar-refractivity contribution in [3.8, 4) is 0 Å². The Labute approximate surface area is 95.1 Å². The van der Waals surface area contributed by atoms with Crippen LogP contribution in [0.1, 0.15) is 22.8 Å². The van der Waals surface area contributed by atoms with E-state index in [1.807, 2.05) is 19.1 Å². The lowest BCUT2D eigenvalue weighted by molar-refractivity contribution is -0.237. The first-order chi connectivity index (χ1) is 7.65. The van der Waals surface area contributed by atoms with Crippen LogP contribution in [0.15, 0.2) is 24.3 Å². The van der Waals surface area contributed by atoms with Gasteiger partial charge in [-0.2, -0.15) is 4.89 Å². The van der Waals surface area contributed by atoms with Crippen LogP contribution in [0.5, 0.6) is 0 Å². The van der Waals surface area contributed by atoms with Crippen molar-refractivity contribution in [1.82, 2.24) is 0 Å². The number of hydrogen-bond donors (Lipinski definition) is 0. The van der Waals surface area contributed by atoms with Gasteiger partial charge in [0.25, 0.3) is 0 Å². The van der Waals surface area contributed by atoms with E-state index in [2.05, 4.69) is 4.89 Å². The SMILES string of the molecule is COC[C](C)OOC(=O)c1ccccc1C. The maximum Gasteiger partial charge on any atom is 0.373 e. The third-order valence-corrected chi connectivity index (χ3v) is 1.97. The fourth-order valence-corrected chi connectivity index (χ4v) is 1.18. The second kappa shape index (κ2) is 6.25. The van der Waals surface area contributed by atoms with Gasteiger partial charge in [0.1, 0.15) is 0 Å². The maximum absolute atomic E-state index is 11.6. The van der Waals surface area contributed by atoms with Crippen molar-refractivity contribution in [2.24, 2.45) is 0 Å². The first kappa shape index (κ1) is 12.7. The summed E-state index contributed by atoms with van der Waals surface area (Å²) < 4.78 is 4.81. The zero-order valence-corrected chi connectivity index (χ0v) is 9.65. The minimum absolute atomic E-state index is 0.293. The van der Waals surface area contributed by atoms with Gasteiger partial charge in [-0.25, -0.2) is 4.79 Å². The number of hydrogen-bond acceptors (Lipinski definition) is 4. The Morgan fingerprint density at radius 2 is 1.94 bits per heavy atom. The first-order valence-corrected chi connectivity index (χ1v) is 4.91. The molecular formula is C12H15O4. The molecule has 0 aromatic heterocycles. The molecule has 0 amide bonds. The normalized spacial score (nSPS) is 10.5. The van der Waals surface area contributed by atoms with Gasteiger partial charge in [0.2, 0.25) is 0 Å². The first-order valence-electron chi connectivity index (χ1n) is 4.91. The molecule has 87 valence electrons. The van der Waals surface area contributed by atoms with Crippen LogP contribution in [0.3, 0.4) is 0 Å². The van der Waals surface area contributed by atoms with Gasteiger partial charge in [-0.05, 0) is 25.5 Å². The van der Waals surface area contributed by atoms with E-state index in [1.54, 1.807) is 19.1 Å². The van der Waals surface area contributed by atoms with E-state index in [1.165, 1.54) is 7.11 Å². The Morgan fingerprint density at radius 3 is 2.56 bits per heavy atom. The van der Waals surface area contributed by atoms with Crippen molar-refractivity contribution >= 4 is 5.97 Å². The average molecular weight is 223 g/mol. The second-order valence-electron chi connectivity index (χ2n) is 3.40. The van der Waals surface area contributed by atoms with Crippen LogP contribution >= 0.6 is 0 Å². The smallest absolute Gasteiger partial charge is 0.373 e. The zero-order valence-electron chi connectivity index (χ0n) is 9.65. The molecule has 1 aromatic carbocycles. The molecule has 0 unspecified atom stereocenters. The van der Waals surface area contributed by atoms with Crippen molar-refractivity contribution in [2.75, 3.05) is 13.7 Å². The second-order valence-corrected chi connectivity index (χ2v) is 3.40. The molecule has 4 heteroatoms. The van der Waals surface area contributed by atoms with E-state index < -0.39 is 5.97 Å². The predicted molar refractivity (Wildman–Crippen MR) is 58.5 cm³/mol. The number of carbonyl (C=O) groups is 1. The number of rotatable bonds is 5. The molecule has 1 rings (SSSR count). The lowest BCUT2D eigenvalue weighted by Gasteiger charge is -2.09. The van der Waals surface area contributed by atoms with Crippen LogP contribution < -0.4 is 0 Å². The molecule has 0 atom stereocenters. The molecule has 0 aliphatic rings. The number of carbonyl (C=O) groups excluding carboxylic acids is 1. The molecule has 0 N–H and O–H groups in total. The van der Waals surface area contributed by atoms with Crippen molar-refractivity contribution in [1.29, 1.82) is 0 Å². The summed E-state index contributed by atoms with van der Waals surface area (Å²) in [5, 5.41) is 0. The van der Waals surface area contributed by atoms with Crippen LogP contribution in [0.4, 0.5) is 0 Å². The fraction of sp³-hybridized carbons (Fsp3) is 0.333. The Morgan fingerprint density at radius 1 is 1.25 bits per heavy atom. The third kappa shape index (κ3) is 3.64. The van der Waals surface area contributed by atoms with Crippen LogP contribution in [-0.4, -0.2) is 19.7 Å². The Bertz CT molecular complexity index is 349. The lowest BCUT2D eigenvalue weighted by Crippen LogP contribution is -2.12. The van der Waals surface area contributed by atoms with Crippen LogP contribution in [0.2, 0.25) is 0 Å². The topological polar surface area (TPSA) is 44.8 Å². The largest absolute Gasteiger partial charge is 0.381 e. The number of aryl methyl sites for hydroxylation is 1. The van der Waals surface area contributed by atoms with Gasteiger partial charge < -0.3 is 4.74 Å². The molecule has 0 fully saturated rings. The van der Waals surface area contributed by atoms with Crippen LogP contribution in [0, 0.1) is 13.0 Å². The summed E-state index contributed by atoms with van der Waals surface area (Å²) in [5.41, 5.74) is 1.34. The van der Waals surface area contributed by atoms with Gasteiger partial charge >= 0.3 is 5.97 Å². The van der Waals surface area contributed by atoms with Gasteiger partial charge in [0.15, 0.2) is 6.10 Å². The zero-order chi connectivity index (χ0) is 12.0. The number of benzene rings is 1. The molecule has 0 saturated carbocycles. The van der Waals surface area contributed by atoms with Crippen molar-refractivity contribution in [3.05, 3.63) is 41.5 Å². The van der Waals surface area contributed by atoms with Gasteiger partial charge in [-0.15, -0.1) is 0 Å². The molecule has 0 saturated heterocycles. The van der Waals surface area contributed by atoms with E-state index in [-0.39, 0.29) is 0 Å². The van der Waals surface area contributed by atoms with Crippen molar-refractivity contribution in [2.45, 2.75) is 13.8 Å². The highest BCUT2D eigenvalue weighted by molar-refractivity contribution is 5.90. The number of ether oxygens (including phenoxy) is 1. The molecule has 1 radical (unpaired) electrons. The Hall–Kier alpha value is -1.39. The molecule has 16 heavy (non-hydrogen) atoms. The molecule has 0 bridgehead atoms. The summed E-state index contributed by atoms with van der Waals surface area (Å²) >= 11 is 0. The van der Waals surface area contributed by atoms with Crippen LogP contribution in [-0.2, 0) is 14.5 Å². The summed E-state index contributed by atoms with van der Waals surface area (Å²) in [5.74, 6) is -0.506. The fourth-order valence-electron chi connectivity index (χ4n) is 1.18. The van der Waals surface area contributed by atoms with E-state index in [9.17, 15) is 4.79 Å². The monoisotopic (exact) mass is 223 g/mol. The van der Waals surface area contributed by atoms with Crippen LogP contribution in [0.25, 0.3) is 0 Å². The van der Waals surface area contributed by atoms with E-state index >= 15 is 0 Å². The summed E-state index contributed by atoms with van der Waals surface area (Å²) in [4.78, 5) is 21.0. The highest BCUT2D eigenvalue weighted by Gasteiger charge is 2.13. The summed E-state index contributed by atoms with van der Waals surface area (Å²) in [6.45, 7) is 3.80. The summed E-state index contributed by atoms with van der Waals surface area (Å²) in [7, 11) is 1.54. The molecular weight excluding hydrogens is 208 g/mol. The number of methoxy groups -OCH3 is 1. The maximum atomic E-state index is 11.6. The van der Waals surface area contributed by atoms with Crippen molar-refractivity contribution in [3.63, 3.8) is 0 Å². The summed E-state index contributed by atoms with van der Waals surface area (Å²) in [6.07, 6.45) is 0.490. The predicted octanol–water partition coefficient (Wildman–Crippen LogP) is 2.28. The Kier molecular flexibility index (Phi) is 4.95.